The maximum atomic E-state index is 14.9. The monoisotopic (exact) mass is 534 g/mol. The Morgan fingerprint density at radius 3 is 2.34 bits per heavy atom. The van der Waals surface area contributed by atoms with Crippen molar-refractivity contribution in [3.05, 3.63) is 41.1 Å². The van der Waals surface area contributed by atoms with Gasteiger partial charge in [0.25, 0.3) is 5.91 Å². The fraction of sp³-hybridized carbons (Fsp3) is 0.621. The molecule has 208 valence electrons. The first-order valence-corrected chi connectivity index (χ1v) is 13.5. The molecule has 4 rings (SSSR count). The van der Waals surface area contributed by atoms with Gasteiger partial charge in [0.1, 0.15) is 5.75 Å². The van der Waals surface area contributed by atoms with Crippen molar-refractivity contribution in [3.63, 3.8) is 0 Å². The van der Waals surface area contributed by atoms with Crippen molar-refractivity contribution in [1.82, 2.24) is 10.2 Å². The molecule has 2 amide bonds. The third-order valence-corrected chi connectivity index (χ3v) is 8.16. The van der Waals surface area contributed by atoms with Gasteiger partial charge in [0.05, 0.1) is 12.7 Å². The summed E-state index contributed by atoms with van der Waals surface area (Å²) in [7, 11) is 1.54. The van der Waals surface area contributed by atoms with E-state index < -0.39 is 40.3 Å². The average molecular weight is 535 g/mol. The van der Waals surface area contributed by atoms with Crippen LogP contribution in [0.15, 0.2) is 35.5 Å². The summed E-state index contributed by atoms with van der Waals surface area (Å²) in [5.41, 5.74) is -3.67. The molecule has 1 unspecified atom stereocenters. The fourth-order valence-corrected chi connectivity index (χ4v) is 6.18. The van der Waals surface area contributed by atoms with Gasteiger partial charge in [-0.3, -0.25) is 14.4 Å². The molecule has 0 spiro atoms. The first-order chi connectivity index (χ1) is 17.9. The molecule has 1 fully saturated rings. The number of halogens is 3. The van der Waals surface area contributed by atoms with E-state index in [1.807, 2.05) is 0 Å². The van der Waals surface area contributed by atoms with E-state index >= 15 is 0 Å². The van der Waals surface area contributed by atoms with Gasteiger partial charge in [-0.1, -0.05) is 58.1 Å². The van der Waals surface area contributed by atoms with Gasteiger partial charge in [0.2, 0.25) is 11.4 Å². The number of nitrogens with zero attached hydrogens (tertiary/aromatic N) is 1. The molecule has 0 radical (unpaired) electrons. The second-order valence-corrected chi connectivity index (χ2v) is 11.7. The highest BCUT2D eigenvalue weighted by Gasteiger charge is 2.71. The lowest BCUT2D eigenvalue weighted by Gasteiger charge is -2.35. The van der Waals surface area contributed by atoms with Gasteiger partial charge in [-0.05, 0) is 48.3 Å². The van der Waals surface area contributed by atoms with E-state index in [2.05, 4.69) is 5.32 Å². The van der Waals surface area contributed by atoms with Crippen LogP contribution in [-0.2, 0) is 20.8 Å². The maximum absolute atomic E-state index is 14.9. The summed E-state index contributed by atoms with van der Waals surface area (Å²) in [6, 6.07) is 7.06. The number of alkyl halides is 3. The van der Waals surface area contributed by atoms with E-state index in [1.165, 1.54) is 7.11 Å². The number of rotatable bonds is 8. The summed E-state index contributed by atoms with van der Waals surface area (Å²) in [6.45, 7) is 3.57. The van der Waals surface area contributed by atoms with Crippen molar-refractivity contribution in [1.29, 1.82) is 0 Å². The average Bonchev–Trinajstić information content (AvgIpc) is 3.09. The molecule has 3 aliphatic rings. The first-order valence-electron chi connectivity index (χ1n) is 13.5. The van der Waals surface area contributed by atoms with E-state index in [0.29, 0.717) is 18.1 Å². The van der Waals surface area contributed by atoms with Gasteiger partial charge in [0.15, 0.2) is 5.78 Å². The van der Waals surface area contributed by atoms with Crippen molar-refractivity contribution >= 4 is 17.6 Å². The van der Waals surface area contributed by atoms with Crippen molar-refractivity contribution in [2.24, 2.45) is 11.3 Å². The highest BCUT2D eigenvalue weighted by Crippen LogP contribution is 2.51. The van der Waals surface area contributed by atoms with Crippen LogP contribution >= 0.6 is 0 Å². The Labute approximate surface area is 222 Å². The lowest BCUT2D eigenvalue weighted by Crippen LogP contribution is -2.66. The minimum Gasteiger partial charge on any atom is -0.497 e. The molecule has 0 saturated heterocycles. The predicted octanol–water partition coefficient (Wildman–Crippen LogP) is 5.50. The topological polar surface area (TPSA) is 75.7 Å². The third kappa shape index (κ3) is 5.47. The Bertz CT molecular complexity index is 1100. The third-order valence-electron chi connectivity index (χ3n) is 8.16. The second-order valence-electron chi connectivity index (χ2n) is 11.7. The summed E-state index contributed by atoms with van der Waals surface area (Å²) < 4.78 is 49.9. The van der Waals surface area contributed by atoms with E-state index in [1.54, 1.807) is 38.1 Å². The van der Waals surface area contributed by atoms with Gasteiger partial charge in [-0.25, -0.2) is 0 Å². The normalized spacial score (nSPS) is 24.0. The fourth-order valence-electron chi connectivity index (χ4n) is 6.18. The number of hydrogen-bond donors (Lipinski definition) is 1. The molecule has 6 nitrogen and oxygen atoms in total. The smallest absolute Gasteiger partial charge is 0.425 e. The zero-order chi connectivity index (χ0) is 27.7. The number of ether oxygens (including phenoxy) is 1. The first kappa shape index (κ1) is 28.2. The molecule has 9 heteroatoms. The van der Waals surface area contributed by atoms with E-state index in [0.717, 1.165) is 42.6 Å². The molecule has 1 aliphatic heterocycles. The lowest BCUT2D eigenvalue weighted by atomic mass is 9.72. The number of hydrogen-bond acceptors (Lipinski definition) is 4. The largest absolute Gasteiger partial charge is 0.497 e. The zero-order valence-corrected chi connectivity index (χ0v) is 22.4. The maximum Gasteiger partial charge on any atom is 0.425 e. The van der Waals surface area contributed by atoms with Crippen molar-refractivity contribution in [2.75, 3.05) is 13.7 Å². The molecule has 1 heterocycles. The van der Waals surface area contributed by atoms with E-state index in [9.17, 15) is 27.6 Å². The van der Waals surface area contributed by atoms with Crippen LogP contribution < -0.4 is 10.1 Å². The van der Waals surface area contributed by atoms with E-state index in [-0.39, 0.29) is 37.9 Å². The summed E-state index contributed by atoms with van der Waals surface area (Å²) in [5.74, 6) is -1.93. The number of allylic oxidation sites excluding steroid dienone is 1. The van der Waals surface area contributed by atoms with Crippen LogP contribution in [0, 0.1) is 11.3 Å². The number of methoxy groups -OCH3 is 1. The van der Waals surface area contributed by atoms with Gasteiger partial charge in [-0.15, -0.1) is 0 Å². The van der Waals surface area contributed by atoms with E-state index in [4.69, 9.17) is 4.74 Å². The summed E-state index contributed by atoms with van der Waals surface area (Å²) in [4.78, 5) is 41.1. The van der Waals surface area contributed by atoms with Crippen LogP contribution in [-0.4, -0.2) is 47.9 Å². The number of benzene rings is 1. The standard InChI is InChI=1S/C29H37F3N2O4/c1-27(2)17-22-25(23(35)18-27)28(29(30,31)32,33-24(36)14-11-19-7-5-4-6-8-19)26(37)34(22)16-15-20-9-12-21(38-3)13-10-20/h9-10,12-13,19H,4-8,11,14-18H2,1-3H3,(H,33,36). The second kappa shape index (κ2) is 10.7. The summed E-state index contributed by atoms with van der Waals surface area (Å²) >= 11 is 0. The Morgan fingerprint density at radius 2 is 1.74 bits per heavy atom. The van der Waals surface area contributed by atoms with Crippen LogP contribution in [0.1, 0.15) is 77.2 Å². The summed E-state index contributed by atoms with van der Waals surface area (Å²) in [6.07, 6.45) is 0.655. The van der Waals surface area contributed by atoms with Gasteiger partial charge in [-0.2, -0.15) is 13.2 Å². The Morgan fingerprint density at radius 1 is 1.08 bits per heavy atom. The molecule has 1 aromatic rings. The number of ketones is 1. The molecule has 0 aromatic heterocycles. The minimum absolute atomic E-state index is 0.0386. The number of amides is 2. The predicted molar refractivity (Wildman–Crippen MR) is 136 cm³/mol. The molecule has 1 N–H and O–H groups in total. The van der Waals surface area contributed by atoms with Crippen molar-refractivity contribution in [3.8, 4) is 5.75 Å². The van der Waals surface area contributed by atoms with Crippen LogP contribution in [0.4, 0.5) is 13.2 Å². The minimum atomic E-state index is -5.17. The molecule has 0 bridgehead atoms. The molecule has 1 atom stereocenters. The Kier molecular flexibility index (Phi) is 7.96. The van der Waals surface area contributed by atoms with Crippen molar-refractivity contribution in [2.45, 2.75) is 89.8 Å². The molecule has 38 heavy (non-hydrogen) atoms. The number of nitrogens with one attached hydrogen (secondary N) is 1. The number of Topliss-reactive ketones (excluding diaryl/α,β-unsaturated/α-hetero) is 1. The Hall–Kier alpha value is -2.84. The molecule has 2 aliphatic carbocycles. The van der Waals surface area contributed by atoms with Gasteiger partial charge >= 0.3 is 6.18 Å². The summed E-state index contributed by atoms with van der Waals surface area (Å²) in [5, 5.41) is 2.07. The van der Waals surface area contributed by atoms with Gasteiger partial charge in [0, 0.05) is 25.1 Å². The highest BCUT2D eigenvalue weighted by atomic mass is 19.4. The Balaban J connectivity index is 1.64. The molecule has 1 aromatic carbocycles. The van der Waals surface area contributed by atoms with Crippen LogP contribution in [0.5, 0.6) is 5.75 Å². The SMILES string of the molecule is COc1ccc(CCN2C(=O)C(NC(=O)CCC3CCCCC3)(C(F)(F)F)C3=C2CC(C)(C)CC3=O)cc1. The number of carbonyl (C=O) groups excluding carboxylic acids is 3. The van der Waals surface area contributed by atoms with Gasteiger partial charge < -0.3 is 15.0 Å². The lowest BCUT2D eigenvalue weighted by molar-refractivity contribution is -0.194. The zero-order valence-electron chi connectivity index (χ0n) is 22.4. The van der Waals surface area contributed by atoms with Crippen LogP contribution in [0.2, 0.25) is 0 Å². The molecular formula is C29H37F3N2O4. The van der Waals surface area contributed by atoms with Crippen molar-refractivity contribution < 1.29 is 32.3 Å². The quantitative estimate of drug-likeness (QED) is 0.478. The number of carbonyl (C=O) groups is 3. The molecular weight excluding hydrogens is 497 g/mol. The van der Waals surface area contributed by atoms with Crippen LogP contribution in [0.3, 0.4) is 0 Å². The molecule has 1 saturated carbocycles. The van der Waals surface area contributed by atoms with Crippen LogP contribution in [0.25, 0.3) is 0 Å². The highest BCUT2D eigenvalue weighted by molar-refractivity contribution is 6.13.